The highest BCUT2D eigenvalue weighted by molar-refractivity contribution is 5.96. The first-order chi connectivity index (χ1) is 15.4. The summed E-state index contributed by atoms with van der Waals surface area (Å²) in [6.07, 6.45) is 2.12. The lowest BCUT2D eigenvalue weighted by Gasteiger charge is -2.34. The van der Waals surface area contributed by atoms with Gasteiger partial charge < -0.3 is 26.6 Å². The summed E-state index contributed by atoms with van der Waals surface area (Å²) in [7, 11) is 0. The highest BCUT2D eigenvalue weighted by atomic mass is 19.1. The number of nitrogens with one attached hydrogen (secondary N) is 1. The number of aliphatic hydroxyl groups excluding tert-OH is 1. The van der Waals surface area contributed by atoms with Crippen molar-refractivity contribution in [3.8, 4) is 0 Å². The third-order valence-electron chi connectivity index (χ3n) is 6.09. The molecule has 6 N–H and O–H groups in total. The maximum atomic E-state index is 14.5. The van der Waals surface area contributed by atoms with Crippen LogP contribution in [0.25, 0.3) is 0 Å². The van der Waals surface area contributed by atoms with Gasteiger partial charge in [-0.15, -0.1) is 0 Å². The van der Waals surface area contributed by atoms with Crippen molar-refractivity contribution < 1.29 is 23.4 Å². The van der Waals surface area contributed by atoms with Gasteiger partial charge in [0.2, 0.25) is 5.91 Å². The lowest BCUT2D eigenvalue weighted by molar-refractivity contribution is -0.118. The molecule has 3 rings (SSSR count). The molecule has 1 amide bonds. The van der Waals surface area contributed by atoms with Crippen molar-refractivity contribution in [1.82, 2.24) is 0 Å². The number of nitrogens with two attached hydrogens (primary N) is 2. The van der Waals surface area contributed by atoms with E-state index in [-0.39, 0.29) is 30.7 Å². The fraction of sp³-hybridized carbons (Fsp3) is 0.458. The Kier molecular flexibility index (Phi) is 8.69. The Morgan fingerprint density at radius 3 is 2.47 bits per heavy atom. The fourth-order valence-corrected chi connectivity index (χ4v) is 4.26. The van der Waals surface area contributed by atoms with Gasteiger partial charge in [0.1, 0.15) is 11.6 Å². The molecule has 1 unspecified atom stereocenters. The van der Waals surface area contributed by atoms with Crippen LogP contribution in [0.2, 0.25) is 0 Å². The summed E-state index contributed by atoms with van der Waals surface area (Å²) >= 11 is 0. The Morgan fingerprint density at radius 1 is 1.12 bits per heavy atom. The van der Waals surface area contributed by atoms with E-state index in [0.29, 0.717) is 30.9 Å². The predicted molar refractivity (Wildman–Crippen MR) is 119 cm³/mol. The summed E-state index contributed by atoms with van der Waals surface area (Å²) in [6, 6.07) is 9.10. The van der Waals surface area contributed by atoms with Crippen molar-refractivity contribution in [2.24, 2.45) is 17.4 Å². The topological polar surface area (TPSA) is 111 Å². The third-order valence-corrected chi connectivity index (χ3v) is 6.09. The van der Waals surface area contributed by atoms with Gasteiger partial charge in [0.25, 0.3) is 0 Å². The molecule has 32 heavy (non-hydrogen) atoms. The fourth-order valence-electron chi connectivity index (χ4n) is 4.26. The van der Waals surface area contributed by atoms with Gasteiger partial charge in [0, 0.05) is 36.4 Å². The lowest BCUT2D eigenvalue weighted by Crippen LogP contribution is -2.44. The van der Waals surface area contributed by atoms with Gasteiger partial charge in [-0.1, -0.05) is 18.2 Å². The zero-order valence-electron chi connectivity index (χ0n) is 18.0. The first kappa shape index (κ1) is 24.3. The van der Waals surface area contributed by atoms with Crippen molar-refractivity contribution in [2.75, 3.05) is 25.1 Å². The molecule has 0 saturated carbocycles. The van der Waals surface area contributed by atoms with E-state index in [1.165, 1.54) is 24.3 Å². The summed E-state index contributed by atoms with van der Waals surface area (Å²) < 4.78 is 33.4. The molecule has 1 aliphatic rings. The van der Waals surface area contributed by atoms with Crippen LogP contribution in [0.15, 0.2) is 42.5 Å². The maximum Gasteiger partial charge on any atom is 0.241 e. The number of aliphatic hydroxyl groups is 1. The van der Waals surface area contributed by atoms with E-state index < -0.39 is 23.8 Å². The van der Waals surface area contributed by atoms with E-state index in [2.05, 4.69) is 5.32 Å². The zero-order chi connectivity index (χ0) is 23.1. The van der Waals surface area contributed by atoms with Crippen LogP contribution in [0.3, 0.4) is 0 Å². The van der Waals surface area contributed by atoms with Crippen LogP contribution in [-0.2, 0) is 16.0 Å². The molecule has 1 fully saturated rings. The molecule has 2 aromatic carbocycles. The van der Waals surface area contributed by atoms with E-state index in [1.807, 2.05) is 0 Å². The Balaban J connectivity index is 1.82. The van der Waals surface area contributed by atoms with E-state index in [1.54, 1.807) is 18.2 Å². The summed E-state index contributed by atoms with van der Waals surface area (Å²) in [5.74, 6) is -1.49. The molecular formula is C24H31F2N3O3. The first-order valence-corrected chi connectivity index (χ1v) is 10.9. The molecule has 1 saturated heterocycles. The van der Waals surface area contributed by atoms with Crippen LogP contribution in [0.5, 0.6) is 0 Å². The monoisotopic (exact) mass is 447 g/mol. The van der Waals surface area contributed by atoms with Gasteiger partial charge in [0.15, 0.2) is 0 Å². The number of rotatable bonds is 9. The van der Waals surface area contributed by atoms with Gasteiger partial charge in [-0.25, -0.2) is 8.78 Å². The van der Waals surface area contributed by atoms with Crippen LogP contribution < -0.4 is 16.8 Å². The van der Waals surface area contributed by atoms with Gasteiger partial charge >= 0.3 is 0 Å². The third kappa shape index (κ3) is 6.10. The number of anilines is 1. The Morgan fingerprint density at radius 2 is 1.81 bits per heavy atom. The minimum atomic E-state index is -0.917. The highest BCUT2D eigenvalue weighted by Crippen LogP contribution is 2.35. The molecule has 0 bridgehead atoms. The van der Waals surface area contributed by atoms with E-state index in [4.69, 9.17) is 21.3 Å². The summed E-state index contributed by atoms with van der Waals surface area (Å²) in [6.45, 7) is 0.956. The second-order valence-electron chi connectivity index (χ2n) is 8.29. The van der Waals surface area contributed by atoms with Crippen LogP contribution in [-0.4, -0.2) is 42.9 Å². The van der Waals surface area contributed by atoms with Crippen molar-refractivity contribution in [3.63, 3.8) is 0 Å². The van der Waals surface area contributed by atoms with E-state index in [9.17, 15) is 13.6 Å². The molecular weight excluding hydrogens is 416 g/mol. The number of amides is 1. The van der Waals surface area contributed by atoms with Crippen LogP contribution >= 0.6 is 0 Å². The van der Waals surface area contributed by atoms with Crippen LogP contribution in [0, 0.1) is 17.6 Å². The van der Waals surface area contributed by atoms with Gasteiger partial charge in [0.05, 0.1) is 12.6 Å². The van der Waals surface area contributed by atoms with Gasteiger partial charge in [-0.3, -0.25) is 4.79 Å². The number of ether oxygens (including phenoxy) is 1. The number of benzene rings is 2. The number of hydrogen-bond donors (Lipinski definition) is 4. The normalized spacial score (nSPS) is 17.5. The van der Waals surface area contributed by atoms with Crippen molar-refractivity contribution in [2.45, 2.75) is 43.7 Å². The van der Waals surface area contributed by atoms with Crippen molar-refractivity contribution in [3.05, 3.63) is 65.2 Å². The summed E-state index contributed by atoms with van der Waals surface area (Å²) in [5, 5.41) is 11.9. The molecule has 6 nitrogen and oxygen atoms in total. The summed E-state index contributed by atoms with van der Waals surface area (Å²) in [4.78, 5) is 13.2. The van der Waals surface area contributed by atoms with Gasteiger partial charge in [-0.2, -0.15) is 0 Å². The van der Waals surface area contributed by atoms with E-state index in [0.717, 1.165) is 18.4 Å². The number of hydrogen-bond acceptors (Lipinski definition) is 5. The quantitative estimate of drug-likeness (QED) is 0.472. The number of carbonyl (C=O) groups excluding carboxylic acids is 1. The van der Waals surface area contributed by atoms with Crippen molar-refractivity contribution in [1.29, 1.82) is 0 Å². The minimum absolute atomic E-state index is 0.101. The molecule has 174 valence electrons. The molecule has 3 atom stereocenters. The predicted octanol–water partition coefficient (Wildman–Crippen LogP) is 2.69. The zero-order valence-corrected chi connectivity index (χ0v) is 18.0. The average Bonchev–Trinajstić information content (AvgIpc) is 2.80. The number of carbonyl (C=O) groups is 1. The maximum absolute atomic E-state index is 14.5. The van der Waals surface area contributed by atoms with Crippen molar-refractivity contribution >= 4 is 11.6 Å². The SMILES string of the molecule is N[C@H](CO)CCc1c(F)cccc1NC(=O)[C@@H](N)C(c1ccc(F)cc1)C1CCOCC1. The minimum Gasteiger partial charge on any atom is -0.395 e. The first-order valence-electron chi connectivity index (χ1n) is 10.9. The van der Waals surface area contributed by atoms with E-state index >= 15 is 0 Å². The Bertz CT molecular complexity index is 889. The molecule has 0 aliphatic carbocycles. The smallest absolute Gasteiger partial charge is 0.241 e. The highest BCUT2D eigenvalue weighted by Gasteiger charge is 2.34. The molecule has 0 spiro atoms. The Labute approximate surface area is 186 Å². The molecule has 0 aromatic heterocycles. The molecule has 1 aliphatic heterocycles. The Hall–Kier alpha value is -2.39. The lowest BCUT2D eigenvalue weighted by atomic mass is 9.76. The standard InChI is InChI=1S/C24H31F2N3O3/c25-17-6-4-15(5-7-17)22(16-10-12-32-13-11-16)23(28)24(31)29-21-3-1-2-20(26)19(21)9-8-18(27)14-30/h1-7,16,18,22-23,30H,8-14,27-28H2,(H,29,31)/t18-,22?,23-/m0/s1. The molecule has 2 aromatic rings. The largest absolute Gasteiger partial charge is 0.395 e. The second-order valence-corrected chi connectivity index (χ2v) is 8.29. The van der Waals surface area contributed by atoms with Crippen LogP contribution in [0.1, 0.15) is 36.3 Å². The van der Waals surface area contributed by atoms with Gasteiger partial charge in [-0.05, 0) is 61.4 Å². The summed E-state index contributed by atoms with van der Waals surface area (Å²) in [5.41, 5.74) is 13.6. The second kappa shape index (κ2) is 11.5. The molecule has 0 radical (unpaired) electrons. The average molecular weight is 448 g/mol. The molecule has 1 heterocycles. The number of halogens is 2. The molecule has 8 heteroatoms. The van der Waals surface area contributed by atoms with Crippen LogP contribution in [0.4, 0.5) is 14.5 Å².